The first-order valence-corrected chi connectivity index (χ1v) is 12.8. The summed E-state index contributed by atoms with van der Waals surface area (Å²) in [5, 5.41) is 3.36. The Morgan fingerprint density at radius 1 is 1.22 bits per heavy atom. The van der Waals surface area contributed by atoms with Crippen molar-refractivity contribution in [2.75, 3.05) is 56.7 Å². The SMILES string of the molecule is C=CC(=O)N1CCN([C@@H](CCOC)c2ccc([C@H](C)Nc3ncc4c(n3)N(CC)C(=O)OC4)cc2)CC1. The van der Waals surface area contributed by atoms with E-state index < -0.39 is 0 Å². The van der Waals surface area contributed by atoms with Gasteiger partial charge >= 0.3 is 6.09 Å². The minimum atomic E-state index is -0.389. The second-order valence-corrected chi connectivity index (χ2v) is 9.24. The molecule has 37 heavy (non-hydrogen) atoms. The largest absolute Gasteiger partial charge is 0.444 e. The van der Waals surface area contributed by atoms with Crippen molar-refractivity contribution in [3.05, 3.63) is 59.8 Å². The van der Waals surface area contributed by atoms with Crippen molar-refractivity contribution < 1.29 is 19.1 Å². The number of cyclic esters (lactones) is 1. The van der Waals surface area contributed by atoms with Crippen molar-refractivity contribution in [3.8, 4) is 0 Å². The van der Waals surface area contributed by atoms with E-state index in [9.17, 15) is 9.59 Å². The number of nitrogens with zero attached hydrogens (tertiary/aromatic N) is 5. The number of piperazine rings is 1. The number of ether oxygens (including phenoxy) is 2. The Labute approximate surface area is 218 Å². The van der Waals surface area contributed by atoms with Gasteiger partial charge in [0.05, 0.1) is 11.6 Å². The fraction of sp³-hybridized carbons (Fsp3) is 0.481. The zero-order chi connectivity index (χ0) is 26.4. The lowest BCUT2D eigenvalue weighted by atomic mass is 9.98. The quantitative estimate of drug-likeness (QED) is 0.487. The number of hydrogen-bond acceptors (Lipinski definition) is 8. The zero-order valence-corrected chi connectivity index (χ0v) is 21.9. The fourth-order valence-electron chi connectivity index (χ4n) is 4.84. The lowest BCUT2D eigenvalue weighted by Gasteiger charge is -2.39. The van der Waals surface area contributed by atoms with Gasteiger partial charge in [0, 0.05) is 58.7 Å². The maximum absolute atomic E-state index is 12.1. The molecule has 0 saturated carbocycles. The highest BCUT2D eigenvalue weighted by Crippen LogP contribution is 2.29. The standard InChI is InChI=1S/C27H36N6O4/c1-5-24(34)32-14-12-31(13-15-32)23(11-16-36-4)21-9-7-20(8-10-21)19(3)29-26-28-17-22-18-37-27(35)33(6-2)25(22)30-26/h5,7-10,17,19,23H,1,6,11-16,18H2,2-4H3,(H,28,29,30)/t19-,23-/m0/s1. The van der Waals surface area contributed by atoms with Gasteiger partial charge in [-0.2, -0.15) is 4.98 Å². The summed E-state index contributed by atoms with van der Waals surface area (Å²) in [5.41, 5.74) is 3.11. The fourth-order valence-corrected chi connectivity index (χ4v) is 4.84. The molecule has 0 aliphatic carbocycles. The van der Waals surface area contributed by atoms with Gasteiger partial charge in [0.15, 0.2) is 0 Å². The highest BCUT2D eigenvalue weighted by atomic mass is 16.6. The molecule has 1 N–H and O–H groups in total. The number of nitrogens with one attached hydrogen (secondary N) is 1. The summed E-state index contributed by atoms with van der Waals surface area (Å²) < 4.78 is 10.6. The molecular formula is C27H36N6O4. The second-order valence-electron chi connectivity index (χ2n) is 9.24. The maximum atomic E-state index is 12.1. The van der Waals surface area contributed by atoms with Crippen molar-refractivity contribution in [2.45, 2.75) is 39.0 Å². The highest BCUT2D eigenvalue weighted by molar-refractivity contribution is 5.89. The minimum absolute atomic E-state index is 0.0100. The predicted molar refractivity (Wildman–Crippen MR) is 141 cm³/mol. The van der Waals surface area contributed by atoms with E-state index in [0.717, 1.165) is 30.6 Å². The van der Waals surface area contributed by atoms with Gasteiger partial charge in [-0.1, -0.05) is 30.8 Å². The Morgan fingerprint density at radius 2 is 1.92 bits per heavy atom. The molecule has 198 valence electrons. The van der Waals surface area contributed by atoms with E-state index in [1.54, 1.807) is 13.3 Å². The number of methoxy groups -OCH3 is 1. The van der Waals surface area contributed by atoms with E-state index in [4.69, 9.17) is 9.47 Å². The van der Waals surface area contributed by atoms with Crippen LogP contribution in [0.5, 0.6) is 0 Å². The molecule has 0 radical (unpaired) electrons. The highest BCUT2D eigenvalue weighted by Gasteiger charge is 2.28. The zero-order valence-electron chi connectivity index (χ0n) is 21.9. The van der Waals surface area contributed by atoms with Gasteiger partial charge in [-0.05, 0) is 37.5 Å². The van der Waals surface area contributed by atoms with Crippen LogP contribution in [0.3, 0.4) is 0 Å². The van der Waals surface area contributed by atoms with Gasteiger partial charge in [0.1, 0.15) is 12.4 Å². The third-order valence-corrected chi connectivity index (χ3v) is 6.99. The van der Waals surface area contributed by atoms with Crippen LogP contribution in [0.2, 0.25) is 0 Å². The molecule has 1 fully saturated rings. The summed E-state index contributed by atoms with van der Waals surface area (Å²) in [4.78, 5) is 38.8. The van der Waals surface area contributed by atoms with E-state index in [1.807, 2.05) is 11.8 Å². The Balaban J connectivity index is 1.44. The number of rotatable bonds is 10. The van der Waals surface area contributed by atoms with Crippen LogP contribution < -0.4 is 10.2 Å². The van der Waals surface area contributed by atoms with E-state index in [-0.39, 0.29) is 30.7 Å². The molecule has 4 rings (SSSR count). The first kappa shape index (κ1) is 26.6. The van der Waals surface area contributed by atoms with Crippen LogP contribution >= 0.6 is 0 Å². The summed E-state index contributed by atoms with van der Waals surface area (Å²) >= 11 is 0. The van der Waals surface area contributed by atoms with Gasteiger partial charge in [-0.25, -0.2) is 9.78 Å². The van der Waals surface area contributed by atoms with E-state index in [2.05, 4.69) is 58.0 Å². The molecule has 2 aliphatic rings. The molecule has 2 atom stereocenters. The molecule has 0 bridgehead atoms. The summed E-state index contributed by atoms with van der Waals surface area (Å²) in [6.07, 6.45) is 3.58. The third kappa shape index (κ3) is 6.08. The maximum Gasteiger partial charge on any atom is 0.415 e. The number of benzene rings is 1. The van der Waals surface area contributed by atoms with Crippen LogP contribution in [0.1, 0.15) is 49.0 Å². The van der Waals surface area contributed by atoms with Gasteiger partial charge in [0.2, 0.25) is 11.9 Å². The van der Waals surface area contributed by atoms with Gasteiger partial charge in [-0.15, -0.1) is 0 Å². The van der Waals surface area contributed by atoms with E-state index in [0.29, 0.717) is 38.0 Å². The van der Waals surface area contributed by atoms with E-state index >= 15 is 0 Å². The molecule has 2 aliphatic heterocycles. The van der Waals surface area contributed by atoms with Crippen LogP contribution in [-0.4, -0.2) is 78.2 Å². The van der Waals surface area contributed by atoms with Gasteiger partial charge < -0.3 is 19.7 Å². The lowest BCUT2D eigenvalue weighted by Crippen LogP contribution is -2.49. The molecule has 10 heteroatoms. The van der Waals surface area contributed by atoms with Crippen molar-refractivity contribution in [2.24, 2.45) is 0 Å². The molecule has 1 aromatic carbocycles. The number of carbonyl (C=O) groups is 2. The van der Waals surface area contributed by atoms with Crippen LogP contribution in [0, 0.1) is 0 Å². The first-order valence-electron chi connectivity index (χ1n) is 12.8. The monoisotopic (exact) mass is 508 g/mol. The summed E-state index contributed by atoms with van der Waals surface area (Å²) in [6.45, 7) is 11.9. The molecule has 1 saturated heterocycles. The topological polar surface area (TPSA) is 100 Å². The van der Waals surface area contributed by atoms with Gasteiger partial charge in [0.25, 0.3) is 0 Å². The lowest BCUT2D eigenvalue weighted by molar-refractivity contribution is -0.128. The summed E-state index contributed by atoms with van der Waals surface area (Å²) in [6, 6.07) is 8.75. The number of carbonyl (C=O) groups excluding carboxylic acids is 2. The van der Waals surface area contributed by atoms with Crippen molar-refractivity contribution in [3.63, 3.8) is 0 Å². The molecule has 2 aromatic rings. The van der Waals surface area contributed by atoms with E-state index in [1.165, 1.54) is 16.5 Å². The average Bonchev–Trinajstić information content (AvgIpc) is 2.93. The summed E-state index contributed by atoms with van der Waals surface area (Å²) in [7, 11) is 1.72. The molecule has 2 amide bonds. The smallest absolute Gasteiger partial charge is 0.415 e. The Morgan fingerprint density at radius 3 is 2.57 bits per heavy atom. The van der Waals surface area contributed by atoms with Crippen LogP contribution in [-0.2, 0) is 20.9 Å². The predicted octanol–water partition coefficient (Wildman–Crippen LogP) is 3.53. The number of fused-ring (bicyclic) bond motifs is 1. The number of aromatic nitrogens is 2. The Hall–Kier alpha value is -3.50. The van der Waals surface area contributed by atoms with Crippen molar-refractivity contribution in [1.29, 1.82) is 0 Å². The van der Waals surface area contributed by atoms with Crippen molar-refractivity contribution >= 4 is 23.8 Å². The average molecular weight is 509 g/mol. The van der Waals surface area contributed by atoms with Crippen LogP contribution in [0.15, 0.2) is 43.1 Å². The second kappa shape index (κ2) is 12.2. The Bertz CT molecular complexity index is 1100. The van der Waals surface area contributed by atoms with Crippen molar-refractivity contribution in [1.82, 2.24) is 19.8 Å². The molecule has 3 heterocycles. The first-order chi connectivity index (χ1) is 17.9. The molecular weight excluding hydrogens is 472 g/mol. The third-order valence-electron chi connectivity index (χ3n) is 6.99. The Kier molecular flexibility index (Phi) is 8.73. The van der Waals surface area contributed by atoms with Crippen LogP contribution in [0.4, 0.5) is 16.6 Å². The number of anilines is 2. The van der Waals surface area contributed by atoms with Gasteiger partial charge in [-0.3, -0.25) is 14.6 Å². The number of hydrogen-bond donors (Lipinski definition) is 1. The molecule has 0 unspecified atom stereocenters. The normalized spacial score (nSPS) is 17.5. The molecule has 10 nitrogen and oxygen atoms in total. The molecule has 1 aromatic heterocycles. The molecule has 0 spiro atoms. The number of amides is 2. The van der Waals surface area contributed by atoms with Crippen LogP contribution in [0.25, 0.3) is 0 Å². The summed E-state index contributed by atoms with van der Waals surface area (Å²) in [5.74, 6) is 1.05. The minimum Gasteiger partial charge on any atom is -0.444 e.